The van der Waals surface area contributed by atoms with Gasteiger partial charge in [-0.3, -0.25) is 14.2 Å². The molecule has 35 heavy (non-hydrogen) atoms. The largest absolute Gasteiger partial charge is 0.390 e. The highest BCUT2D eigenvalue weighted by molar-refractivity contribution is 6.32. The molecule has 182 valence electrons. The zero-order valence-electron chi connectivity index (χ0n) is 18.4. The fourth-order valence-corrected chi connectivity index (χ4v) is 4.09. The van der Waals surface area contributed by atoms with Gasteiger partial charge in [-0.05, 0) is 37.3 Å². The first-order valence-electron chi connectivity index (χ1n) is 10.6. The van der Waals surface area contributed by atoms with E-state index in [1.807, 2.05) is 0 Å². The molecule has 11 heteroatoms. The number of fused-ring (bicyclic) bond motifs is 1. The molecule has 0 radical (unpaired) electrons. The van der Waals surface area contributed by atoms with Gasteiger partial charge >= 0.3 is 6.18 Å². The Morgan fingerprint density at radius 3 is 2.40 bits per heavy atom. The van der Waals surface area contributed by atoms with Crippen molar-refractivity contribution in [2.75, 3.05) is 6.54 Å². The third-order valence-electron chi connectivity index (χ3n) is 5.32. The van der Waals surface area contributed by atoms with Crippen LogP contribution in [0, 0.1) is 0 Å². The van der Waals surface area contributed by atoms with Crippen LogP contribution in [0.4, 0.5) is 13.2 Å². The summed E-state index contributed by atoms with van der Waals surface area (Å²) in [5, 5.41) is 8.19. The number of aryl methyl sites for hydroxylation is 1. The number of para-hydroxylation sites is 1. The lowest BCUT2D eigenvalue weighted by atomic mass is 10.1. The van der Waals surface area contributed by atoms with E-state index in [0.717, 1.165) is 4.57 Å². The Bertz CT molecular complexity index is 1460. The van der Waals surface area contributed by atoms with Gasteiger partial charge in [-0.2, -0.15) is 13.2 Å². The van der Waals surface area contributed by atoms with Gasteiger partial charge in [0.1, 0.15) is 5.56 Å². The minimum atomic E-state index is -4.52. The number of benzene rings is 2. The minimum Gasteiger partial charge on any atom is -0.352 e. The normalized spacial score (nSPS) is 11.7. The zero-order chi connectivity index (χ0) is 25.3. The molecule has 6 nitrogen and oxygen atoms in total. The molecule has 0 aliphatic carbocycles. The van der Waals surface area contributed by atoms with Crippen LogP contribution in [0.5, 0.6) is 0 Å². The van der Waals surface area contributed by atoms with Gasteiger partial charge in [0.2, 0.25) is 0 Å². The Morgan fingerprint density at radius 1 is 1.09 bits per heavy atom. The number of nitrogens with one attached hydrogen (secondary N) is 1. The third-order valence-corrected chi connectivity index (χ3v) is 5.89. The molecule has 4 rings (SSSR count). The highest BCUT2D eigenvalue weighted by Crippen LogP contribution is 2.34. The average Bonchev–Trinajstić information content (AvgIpc) is 3.17. The maximum absolute atomic E-state index is 13.2. The van der Waals surface area contributed by atoms with E-state index in [4.69, 9.17) is 23.2 Å². The first-order valence-corrected chi connectivity index (χ1v) is 11.4. The molecule has 0 unspecified atom stereocenters. The highest BCUT2D eigenvalue weighted by atomic mass is 35.5. The molecule has 4 aromatic rings. The van der Waals surface area contributed by atoms with Crippen molar-refractivity contribution in [1.29, 1.82) is 0 Å². The number of carbonyl (C=O) groups excluding carboxylic acids is 1. The van der Waals surface area contributed by atoms with Crippen molar-refractivity contribution in [1.82, 2.24) is 19.7 Å². The van der Waals surface area contributed by atoms with Gasteiger partial charge in [-0.15, -0.1) is 5.10 Å². The fraction of sp³-hybridized carbons (Fsp3) is 0.208. The number of nitrogens with zero attached hydrogens (tertiary/aromatic N) is 3. The van der Waals surface area contributed by atoms with Crippen molar-refractivity contribution >= 4 is 40.1 Å². The van der Waals surface area contributed by atoms with Gasteiger partial charge in [0, 0.05) is 29.1 Å². The predicted octanol–water partition coefficient (Wildman–Crippen LogP) is 5.86. The zero-order valence-corrected chi connectivity index (χ0v) is 19.9. The number of carbonyl (C=O) groups is 1. The Balaban J connectivity index is 2.10. The first kappa shape index (κ1) is 24.8. The number of hydrogen-bond acceptors (Lipinski definition) is 3. The molecular formula is C24H19Cl2F3N4O2. The second kappa shape index (κ2) is 9.75. The van der Waals surface area contributed by atoms with E-state index in [1.165, 1.54) is 10.7 Å². The van der Waals surface area contributed by atoms with Crippen LogP contribution in [0.25, 0.3) is 28.0 Å². The van der Waals surface area contributed by atoms with E-state index in [1.54, 1.807) is 55.5 Å². The van der Waals surface area contributed by atoms with Crippen molar-refractivity contribution < 1.29 is 18.0 Å². The van der Waals surface area contributed by atoms with Gasteiger partial charge < -0.3 is 5.32 Å². The summed E-state index contributed by atoms with van der Waals surface area (Å²) in [6.45, 7) is 1.21. The van der Waals surface area contributed by atoms with Crippen molar-refractivity contribution in [2.45, 2.75) is 26.1 Å². The smallest absolute Gasteiger partial charge is 0.352 e. The monoisotopic (exact) mass is 522 g/mol. The predicted molar refractivity (Wildman–Crippen MR) is 129 cm³/mol. The topological polar surface area (TPSA) is 68.9 Å². The Kier molecular flexibility index (Phi) is 6.91. The summed E-state index contributed by atoms with van der Waals surface area (Å²) in [4.78, 5) is 25.8. The number of alkyl halides is 3. The number of hydrogen-bond donors (Lipinski definition) is 1. The molecule has 1 N–H and O–H groups in total. The number of aromatic nitrogens is 3. The molecule has 0 aliphatic heterocycles. The van der Waals surface area contributed by atoms with E-state index < -0.39 is 30.6 Å². The average molecular weight is 523 g/mol. The second-order valence-corrected chi connectivity index (χ2v) is 8.54. The van der Waals surface area contributed by atoms with Crippen molar-refractivity contribution in [3.63, 3.8) is 0 Å². The number of rotatable bonds is 6. The summed E-state index contributed by atoms with van der Waals surface area (Å²) < 4.78 is 41.7. The maximum Gasteiger partial charge on any atom is 0.390 e. The molecule has 0 saturated heterocycles. The van der Waals surface area contributed by atoms with Crippen LogP contribution in [0.1, 0.15) is 23.7 Å². The van der Waals surface area contributed by atoms with Gasteiger partial charge in [0.25, 0.3) is 11.5 Å². The van der Waals surface area contributed by atoms with E-state index in [-0.39, 0.29) is 17.8 Å². The SMILES string of the molecule is CCNC(=O)c1cc2c(-c3ccc(Cl)cc3)n(-c3ccccc3Cl)nc2n(CCC(F)(F)F)c1=O. The summed E-state index contributed by atoms with van der Waals surface area (Å²) in [6, 6.07) is 14.9. The molecule has 0 bridgehead atoms. The molecule has 0 fully saturated rings. The van der Waals surface area contributed by atoms with Gasteiger partial charge in [-0.25, -0.2) is 4.68 Å². The molecule has 1 amide bonds. The van der Waals surface area contributed by atoms with Gasteiger partial charge in [0.05, 0.1) is 22.8 Å². The lowest BCUT2D eigenvalue weighted by Gasteiger charge is -2.12. The lowest BCUT2D eigenvalue weighted by Crippen LogP contribution is -2.34. The molecule has 0 saturated carbocycles. The molecular weight excluding hydrogens is 504 g/mol. The second-order valence-electron chi connectivity index (χ2n) is 7.70. The van der Waals surface area contributed by atoms with Crippen molar-refractivity contribution in [3.05, 3.63) is 80.6 Å². The number of pyridine rings is 1. The van der Waals surface area contributed by atoms with E-state index >= 15 is 0 Å². The number of halogens is 5. The van der Waals surface area contributed by atoms with E-state index in [0.29, 0.717) is 32.4 Å². The third kappa shape index (κ3) is 5.06. The number of amides is 1. The summed E-state index contributed by atoms with van der Waals surface area (Å²) in [5.41, 5.74) is 0.354. The molecule has 0 atom stereocenters. The highest BCUT2D eigenvalue weighted by Gasteiger charge is 2.29. The van der Waals surface area contributed by atoms with E-state index in [2.05, 4.69) is 10.4 Å². The molecule has 2 aromatic carbocycles. The Hall–Kier alpha value is -3.30. The van der Waals surface area contributed by atoms with Gasteiger partial charge in [0.15, 0.2) is 5.65 Å². The van der Waals surface area contributed by atoms with Gasteiger partial charge in [-0.1, -0.05) is 47.5 Å². The summed E-state index contributed by atoms with van der Waals surface area (Å²) >= 11 is 12.5. The molecule has 2 heterocycles. The first-order chi connectivity index (χ1) is 16.6. The van der Waals surface area contributed by atoms with Crippen LogP contribution < -0.4 is 10.9 Å². The van der Waals surface area contributed by atoms with Crippen LogP contribution in [0.3, 0.4) is 0 Å². The lowest BCUT2D eigenvalue weighted by molar-refractivity contribution is -0.136. The summed E-state index contributed by atoms with van der Waals surface area (Å²) in [7, 11) is 0. The Morgan fingerprint density at radius 2 is 1.77 bits per heavy atom. The minimum absolute atomic E-state index is 0.00262. The molecule has 2 aromatic heterocycles. The van der Waals surface area contributed by atoms with E-state index in [9.17, 15) is 22.8 Å². The van der Waals surface area contributed by atoms with Crippen molar-refractivity contribution in [2.24, 2.45) is 0 Å². The van der Waals surface area contributed by atoms with Crippen LogP contribution >= 0.6 is 23.2 Å². The van der Waals surface area contributed by atoms with Crippen LogP contribution in [0.15, 0.2) is 59.4 Å². The van der Waals surface area contributed by atoms with Crippen LogP contribution in [-0.4, -0.2) is 33.0 Å². The van der Waals surface area contributed by atoms with Crippen LogP contribution in [0.2, 0.25) is 10.0 Å². The fourth-order valence-electron chi connectivity index (χ4n) is 3.75. The van der Waals surface area contributed by atoms with Crippen LogP contribution in [-0.2, 0) is 6.54 Å². The summed E-state index contributed by atoms with van der Waals surface area (Å²) in [5.74, 6) is -0.687. The van der Waals surface area contributed by atoms with Crippen molar-refractivity contribution in [3.8, 4) is 16.9 Å². The quantitative estimate of drug-likeness (QED) is 0.344. The Labute approximate surface area is 207 Å². The maximum atomic E-state index is 13.2. The molecule has 0 spiro atoms. The standard InChI is InChI=1S/C24H19Cl2F3N4O2/c1-2-30-22(34)17-13-16-20(14-7-9-15(25)10-8-14)33(19-6-4-3-5-18(19)26)31-21(16)32(23(17)35)12-11-24(27,28)29/h3-10,13H,2,11-12H2,1H3,(H,30,34). The summed E-state index contributed by atoms with van der Waals surface area (Å²) in [6.07, 6.45) is -5.78. The molecule has 0 aliphatic rings.